The number of rotatable bonds is 11. The molecule has 0 radical (unpaired) electrons. The molecule has 16 heteroatoms. The van der Waals surface area contributed by atoms with Crippen molar-refractivity contribution in [3.8, 4) is 78.9 Å². The molecule has 12 aromatic carbocycles. The summed E-state index contributed by atoms with van der Waals surface area (Å²) in [6.07, 6.45) is 0. The number of H-pyrrole nitrogens is 1. The summed E-state index contributed by atoms with van der Waals surface area (Å²) in [5.74, 6) is 2.44. The van der Waals surface area contributed by atoms with Crippen LogP contribution in [-0.2, 0) is 0 Å². The molecule has 0 bridgehead atoms. The maximum atomic E-state index is 11.5. The lowest BCUT2D eigenvalue weighted by Gasteiger charge is -2.10. The van der Waals surface area contributed by atoms with E-state index >= 15 is 0 Å². The van der Waals surface area contributed by atoms with Gasteiger partial charge in [0.1, 0.15) is 17.5 Å². The molecule has 15 nitrogen and oxygen atoms in total. The van der Waals surface area contributed by atoms with E-state index < -0.39 is 0 Å². The summed E-state index contributed by atoms with van der Waals surface area (Å²) in [6, 6.07) is 97.8. The second-order valence-electron chi connectivity index (χ2n) is 20.7. The summed E-state index contributed by atoms with van der Waals surface area (Å²) >= 11 is 2.28. The van der Waals surface area contributed by atoms with Gasteiger partial charge in [0.05, 0.1) is 64.6 Å². The van der Waals surface area contributed by atoms with Crippen LogP contribution in [0, 0.1) is 33.9 Å². The predicted molar refractivity (Wildman–Crippen MR) is 370 cm³/mol. The summed E-state index contributed by atoms with van der Waals surface area (Å²) < 4.78 is 5.51. The number of imidazole rings is 3. The van der Waals surface area contributed by atoms with E-state index in [1.165, 1.54) is 21.8 Å². The summed E-state index contributed by atoms with van der Waals surface area (Å²) in [5, 5.41) is 34.2. The molecule has 3 heterocycles. The number of aromatic amines is 1. The number of halogens is 1. The van der Waals surface area contributed by atoms with Gasteiger partial charge in [-0.25, -0.2) is 15.0 Å². The highest BCUT2D eigenvalue weighted by molar-refractivity contribution is 14.1. The minimum Gasteiger partial charge on any atom is -0.338 e. The number of para-hydroxylation sites is 5. The van der Waals surface area contributed by atoms with Gasteiger partial charge in [-0.15, -0.1) is 0 Å². The Labute approximate surface area is 535 Å². The Hall–Kier alpha value is -12.0. The van der Waals surface area contributed by atoms with Crippen LogP contribution < -0.4 is 0 Å². The number of nitrogens with one attached hydrogen (secondary N) is 1. The average molecular weight is 1300 g/mol. The predicted octanol–water partition coefficient (Wildman–Crippen LogP) is 19.6. The molecule has 0 aliphatic rings. The van der Waals surface area contributed by atoms with E-state index in [1.54, 1.807) is 42.5 Å². The highest BCUT2D eigenvalue weighted by Gasteiger charge is 2.21. The molecule has 0 fully saturated rings. The van der Waals surface area contributed by atoms with Crippen molar-refractivity contribution < 1.29 is 14.8 Å². The fourth-order valence-electron chi connectivity index (χ4n) is 10.7. The molecule has 3 aromatic heterocycles. The summed E-state index contributed by atoms with van der Waals surface area (Å²) in [7, 11) is 0. The maximum Gasteiger partial charge on any atom is 0.277 e. The monoisotopic (exact) mass is 1300 g/mol. The third-order valence-electron chi connectivity index (χ3n) is 14.9. The molecule has 15 rings (SSSR count). The second-order valence-corrected chi connectivity index (χ2v) is 21.9. The number of nitrogens with zero attached hydrogens (tertiary/aromatic N) is 8. The Balaban J connectivity index is 0.000000126. The molecular formula is C75H52IN9O6. The van der Waals surface area contributed by atoms with E-state index in [-0.39, 0.29) is 31.8 Å². The molecule has 0 aliphatic heterocycles. The largest absolute Gasteiger partial charge is 0.338 e. The van der Waals surface area contributed by atoms with Gasteiger partial charge < -0.3 is 4.98 Å². The molecule has 91 heavy (non-hydrogen) atoms. The first-order chi connectivity index (χ1) is 44.6. The summed E-state index contributed by atoms with van der Waals surface area (Å²) in [4.78, 5) is 50.8. The average Bonchev–Trinajstić information content (AvgIpc) is 1.73. The van der Waals surface area contributed by atoms with Crippen molar-refractivity contribution in [2.24, 2.45) is 0 Å². The zero-order chi connectivity index (χ0) is 62.6. The van der Waals surface area contributed by atoms with Gasteiger partial charge in [0.15, 0.2) is 0 Å². The van der Waals surface area contributed by atoms with E-state index in [4.69, 9.17) is 9.97 Å². The van der Waals surface area contributed by atoms with Crippen molar-refractivity contribution in [2.75, 3.05) is 0 Å². The lowest BCUT2D eigenvalue weighted by Crippen LogP contribution is -1.97. The summed E-state index contributed by atoms with van der Waals surface area (Å²) in [5.41, 5.74) is 14.5. The molecule has 0 saturated heterocycles. The third kappa shape index (κ3) is 13.3. The van der Waals surface area contributed by atoms with E-state index in [0.717, 1.165) is 95.3 Å². The Kier molecular flexibility index (Phi) is 17.8. The first kappa shape index (κ1) is 59.3. The lowest BCUT2D eigenvalue weighted by atomic mass is 10.0. The quantitative estimate of drug-likeness (QED) is 0.0745. The van der Waals surface area contributed by atoms with Crippen molar-refractivity contribution in [3.63, 3.8) is 0 Å². The molecule has 15 aromatic rings. The fraction of sp³-hybridized carbons (Fsp3) is 0. The van der Waals surface area contributed by atoms with Crippen LogP contribution in [0.15, 0.2) is 309 Å². The molecular weight excluding hydrogens is 1250 g/mol. The first-order valence-electron chi connectivity index (χ1n) is 28.8. The zero-order valence-corrected chi connectivity index (χ0v) is 50.5. The molecule has 0 atom stereocenters. The van der Waals surface area contributed by atoms with E-state index in [9.17, 15) is 30.3 Å². The van der Waals surface area contributed by atoms with Crippen LogP contribution in [0.3, 0.4) is 0 Å². The topological polar surface area (TPSA) is 194 Å². The van der Waals surface area contributed by atoms with E-state index in [1.807, 2.05) is 237 Å². The Bertz CT molecular complexity index is 5010. The van der Waals surface area contributed by atoms with Crippen molar-refractivity contribution in [3.05, 3.63) is 343 Å². The molecule has 0 aliphatic carbocycles. The Morgan fingerprint density at radius 1 is 0.319 bits per heavy atom. The van der Waals surface area contributed by atoms with Gasteiger partial charge >= 0.3 is 0 Å². The summed E-state index contributed by atoms with van der Waals surface area (Å²) in [6.45, 7) is 0. The zero-order valence-electron chi connectivity index (χ0n) is 48.4. The standard InChI is InChI=1S/2C25H17N3O2.C19H13N3O2.C6H5I/c29-28(30)23-14-8-7-13-21(23)19-15-16-24-22(17-19)26-25(18-9-3-1-4-10-18)27(24)20-11-5-2-6-12-20;29-28(30)23-14-8-7-13-21(23)19-15-16-22-24(17-19)27(20-11-5-2-6-12-20)25(26-22)18-9-3-1-4-10-18;23-22(24)18-9-5-4-8-15(18)14-10-11-16-17(12-14)21-19(20-16)13-6-2-1-3-7-13;7-6-4-2-1-3-5-6/h2*1-17H;1-12H,(H,20,21);1-5H. The van der Waals surface area contributed by atoms with E-state index in [2.05, 4.69) is 53.8 Å². The second kappa shape index (κ2) is 27.4. The Morgan fingerprint density at radius 2 is 0.681 bits per heavy atom. The minimum absolute atomic E-state index is 0.0858. The molecule has 0 spiro atoms. The molecule has 0 saturated carbocycles. The first-order valence-corrected chi connectivity index (χ1v) is 29.9. The van der Waals surface area contributed by atoms with Crippen molar-refractivity contribution in [1.82, 2.24) is 29.1 Å². The van der Waals surface area contributed by atoms with Crippen LogP contribution in [0.2, 0.25) is 0 Å². The van der Waals surface area contributed by atoms with Gasteiger partial charge in [-0.2, -0.15) is 0 Å². The highest BCUT2D eigenvalue weighted by Crippen LogP contribution is 2.38. The van der Waals surface area contributed by atoms with Gasteiger partial charge in [-0.1, -0.05) is 200 Å². The number of hydrogen-bond donors (Lipinski definition) is 1. The van der Waals surface area contributed by atoms with Crippen LogP contribution in [0.5, 0.6) is 0 Å². The smallest absolute Gasteiger partial charge is 0.277 e. The Morgan fingerprint density at radius 3 is 1.13 bits per heavy atom. The van der Waals surface area contributed by atoms with Crippen LogP contribution in [0.25, 0.3) is 112 Å². The molecule has 0 amide bonds. The van der Waals surface area contributed by atoms with Gasteiger partial charge in [0.2, 0.25) is 0 Å². The van der Waals surface area contributed by atoms with Crippen LogP contribution >= 0.6 is 22.6 Å². The van der Waals surface area contributed by atoms with Gasteiger partial charge in [0, 0.05) is 49.8 Å². The SMILES string of the molecule is Ic1ccccc1.O=[N+]([O-])c1ccccc1-c1ccc2c(c1)nc(-c1ccccc1)n2-c1ccccc1.O=[N+]([O-])c1ccccc1-c1ccc2nc(-c3ccccc3)[nH]c2c1.O=[N+]([O-])c1ccccc1-c1ccc2nc(-c3ccccc3)n(-c3ccccc3)c2c1. The lowest BCUT2D eigenvalue weighted by molar-refractivity contribution is -0.384. The number of nitro groups is 3. The van der Waals surface area contributed by atoms with Crippen molar-refractivity contribution in [2.45, 2.75) is 0 Å². The number of hydrogen-bond acceptors (Lipinski definition) is 9. The van der Waals surface area contributed by atoms with Crippen LogP contribution in [0.1, 0.15) is 0 Å². The van der Waals surface area contributed by atoms with Gasteiger partial charge in [0.25, 0.3) is 17.1 Å². The van der Waals surface area contributed by atoms with Gasteiger partial charge in [-0.05, 0) is 130 Å². The number of nitro benzene ring substituents is 3. The molecule has 440 valence electrons. The number of benzene rings is 12. The van der Waals surface area contributed by atoms with Crippen LogP contribution in [-0.4, -0.2) is 43.8 Å². The third-order valence-corrected chi connectivity index (χ3v) is 15.6. The number of fused-ring (bicyclic) bond motifs is 3. The minimum atomic E-state index is -0.359. The number of aromatic nitrogens is 6. The molecule has 1 N–H and O–H groups in total. The van der Waals surface area contributed by atoms with Crippen molar-refractivity contribution >= 4 is 72.8 Å². The fourth-order valence-corrected chi connectivity index (χ4v) is 11.1. The van der Waals surface area contributed by atoms with Gasteiger partial charge in [-0.3, -0.25) is 39.5 Å². The molecule has 0 unspecified atom stereocenters. The highest BCUT2D eigenvalue weighted by atomic mass is 127. The van der Waals surface area contributed by atoms with Crippen LogP contribution in [0.4, 0.5) is 17.1 Å². The van der Waals surface area contributed by atoms with E-state index in [0.29, 0.717) is 16.7 Å². The normalized spacial score (nSPS) is 10.7. The maximum absolute atomic E-state index is 11.5. The van der Waals surface area contributed by atoms with Crippen molar-refractivity contribution in [1.29, 1.82) is 0 Å².